The molecule has 2 atom stereocenters. The molecule has 1 N–H and O–H groups in total. The van der Waals surface area contributed by atoms with Gasteiger partial charge in [-0.2, -0.15) is 0 Å². The van der Waals surface area contributed by atoms with Crippen molar-refractivity contribution < 1.29 is 4.79 Å². The van der Waals surface area contributed by atoms with Gasteiger partial charge in [-0.15, -0.1) is 11.3 Å². The second kappa shape index (κ2) is 6.32. The molecule has 0 aliphatic heterocycles. The molecule has 1 saturated carbocycles. The summed E-state index contributed by atoms with van der Waals surface area (Å²) in [4.78, 5) is 14.5. The summed E-state index contributed by atoms with van der Waals surface area (Å²) in [6.07, 6.45) is 7.56. The maximum Gasteiger partial charge on any atom is 0.182 e. The fourth-order valence-electron chi connectivity index (χ4n) is 4.34. The summed E-state index contributed by atoms with van der Waals surface area (Å²) in [5, 5.41) is 8.35. The van der Waals surface area contributed by atoms with Gasteiger partial charge in [0.25, 0.3) is 0 Å². The first-order chi connectivity index (χ1) is 11.6. The van der Waals surface area contributed by atoms with Gasteiger partial charge in [-0.1, -0.05) is 42.7 Å². The van der Waals surface area contributed by atoms with Gasteiger partial charge in [0.1, 0.15) is 0 Å². The zero-order valence-corrected chi connectivity index (χ0v) is 15.0. The Bertz CT molecular complexity index is 815. The number of carbonyl (C=O) groups excluding carboxylic acids is 1. The van der Waals surface area contributed by atoms with Gasteiger partial charge in [0.15, 0.2) is 10.6 Å². The third kappa shape index (κ3) is 2.88. The molecule has 0 saturated heterocycles. The van der Waals surface area contributed by atoms with Gasteiger partial charge in [0.05, 0.1) is 6.54 Å². The molecule has 2 unspecified atom stereocenters. The van der Waals surface area contributed by atoms with Crippen LogP contribution in [0.15, 0.2) is 24.3 Å². The van der Waals surface area contributed by atoms with E-state index in [1.807, 2.05) is 35.8 Å². The van der Waals surface area contributed by atoms with E-state index in [2.05, 4.69) is 0 Å². The lowest BCUT2D eigenvalue weighted by atomic mass is 9.72. The number of hydrogen-bond acceptors (Lipinski definition) is 3. The van der Waals surface area contributed by atoms with Crippen LogP contribution in [0.25, 0.3) is 0 Å². The highest BCUT2D eigenvalue weighted by Gasteiger charge is 2.33. The Morgan fingerprint density at radius 3 is 2.54 bits per heavy atom. The number of thiazole rings is 1. The molecular formula is C20H24N2OS. The summed E-state index contributed by atoms with van der Waals surface area (Å²) < 4.78 is 1.98. The topological polar surface area (TPSA) is 45.9 Å². The van der Waals surface area contributed by atoms with Gasteiger partial charge in [-0.3, -0.25) is 10.2 Å². The molecule has 2 aliphatic rings. The van der Waals surface area contributed by atoms with Gasteiger partial charge in [-0.05, 0) is 44.4 Å². The normalized spacial score (nSPS) is 22.7. The maximum atomic E-state index is 12.6. The lowest BCUT2D eigenvalue weighted by molar-refractivity contribution is 0.0968. The molecule has 24 heavy (non-hydrogen) atoms. The summed E-state index contributed by atoms with van der Waals surface area (Å²) in [7, 11) is 0. The van der Waals surface area contributed by atoms with E-state index in [0.717, 1.165) is 35.8 Å². The number of hydrogen-bond donors (Lipinski definition) is 1. The first-order valence-electron chi connectivity index (χ1n) is 8.97. The van der Waals surface area contributed by atoms with Crippen LogP contribution in [0.5, 0.6) is 0 Å². The quantitative estimate of drug-likeness (QED) is 0.839. The lowest BCUT2D eigenvalue weighted by Gasteiger charge is -2.35. The molecule has 4 heteroatoms. The van der Waals surface area contributed by atoms with E-state index in [-0.39, 0.29) is 5.78 Å². The number of carbonyl (C=O) groups is 1. The number of nitrogens with one attached hydrogen (secondary N) is 1. The van der Waals surface area contributed by atoms with Crippen molar-refractivity contribution >= 4 is 17.1 Å². The van der Waals surface area contributed by atoms with Gasteiger partial charge < -0.3 is 4.57 Å². The van der Waals surface area contributed by atoms with Gasteiger partial charge in [0, 0.05) is 16.1 Å². The molecule has 2 aliphatic carbocycles. The average Bonchev–Trinajstić information content (AvgIpc) is 2.88. The van der Waals surface area contributed by atoms with Crippen molar-refractivity contribution in [1.82, 2.24) is 4.57 Å². The maximum absolute atomic E-state index is 12.6. The minimum absolute atomic E-state index is 0.111. The second-order valence-electron chi connectivity index (χ2n) is 7.37. The largest absolute Gasteiger partial charge is 0.313 e. The van der Waals surface area contributed by atoms with Crippen molar-refractivity contribution in [2.75, 3.05) is 0 Å². The smallest absolute Gasteiger partial charge is 0.182 e. The number of fused-ring (bicyclic) bond motifs is 2. The fraction of sp³-hybridized carbons (Fsp3) is 0.500. The molecule has 0 bridgehead atoms. The van der Waals surface area contributed by atoms with E-state index in [4.69, 9.17) is 5.41 Å². The first-order valence-corrected chi connectivity index (χ1v) is 9.79. The van der Waals surface area contributed by atoms with Crippen LogP contribution < -0.4 is 4.80 Å². The van der Waals surface area contributed by atoms with Crippen LogP contribution in [0.4, 0.5) is 0 Å². The van der Waals surface area contributed by atoms with Crippen molar-refractivity contribution in [3.63, 3.8) is 0 Å². The Morgan fingerprint density at radius 2 is 1.83 bits per heavy atom. The molecule has 126 valence electrons. The van der Waals surface area contributed by atoms with E-state index < -0.39 is 0 Å². The first kappa shape index (κ1) is 15.8. The molecular weight excluding hydrogens is 316 g/mol. The Balaban J connectivity index is 1.60. The van der Waals surface area contributed by atoms with Crippen LogP contribution in [0.2, 0.25) is 0 Å². The molecule has 0 radical (unpaired) electrons. The zero-order valence-electron chi connectivity index (χ0n) is 14.2. The van der Waals surface area contributed by atoms with Crippen LogP contribution in [0.1, 0.15) is 52.2 Å². The van der Waals surface area contributed by atoms with Crippen LogP contribution in [-0.2, 0) is 19.4 Å². The summed E-state index contributed by atoms with van der Waals surface area (Å²) >= 11 is 1.59. The Morgan fingerprint density at radius 1 is 1.17 bits per heavy atom. The third-order valence-electron chi connectivity index (χ3n) is 5.76. The number of Topliss-reactive ketones (excluding diaryl/α,β-unsaturated/α-hetero) is 1. The van der Waals surface area contributed by atoms with Crippen LogP contribution in [0.3, 0.4) is 0 Å². The number of nitrogens with zero attached hydrogens (tertiary/aromatic N) is 1. The van der Waals surface area contributed by atoms with Crippen molar-refractivity contribution in [2.24, 2.45) is 11.8 Å². The minimum Gasteiger partial charge on any atom is -0.313 e. The molecule has 1 heterocycles. The number of aryl methyl sites for hydroxylation is 1. The summed E-state index contributed by atoms with van der Waals surface area (Å²) in [5.74, 6) is 1.69. The third-order valence-corrected chi connectivity index (χ3v) is 6.82. The van der Waals surface area contributed by atoms with Crippen molar-refractivity contribution in [2.45, 2.75) is 52.0 Å². The second-order valence-corrected chi connectivity index (χ2v) is 8.45. The predicted molar refractivity (Wildman–Crippen MR) is 96.5 cm³/mol. The van der Waals surface area contributed by atoms with E-state index in [9.17, 15) is 4.79 Å². The van der Waals surface area contributed by atoms with Crippen LogP contribution >= 0.6 is 11.3 Å². The molecule has 4 rings (SSSR count). The highest BCUT2D eigenvalue weighted by molar-refractivity contribution is 7.09. The molecule has 3 nitrogen and oxygen atoms in total. The summed E-state index contributed by atoms with van der Waals surface area (Å²) in [6.45, 7) is 2.34. The van der Waals surface area contributed by atoms with Gasteiger partial charge in [0.2, 0.25) is 0 Å². The van der Waals surface area contributed by atoms with Crippen LogP contribution in [-0.4, -0.2) is 10.4 Å². The number of benzene rings is 1. The predicted octanol–water partition coefficient (Wildman–Crippen LogP) is 4.13. The summed E-state index contributed by atoms with van der Waals surface area (Å²) in [6, 6.07) is 7.76. The van der Waals surface area contributed by atoms with E-state index in [1.54, 1.807) is 11.3 Å². The van der Waals surface area contributed by atoms with Gasteiger partial charge in [-0.25, -0.2) is 0 Å². The highest BCUT2D eigenvalue weighted by atomic mass is 32.1. The highest BCUT2D eigenvalue weighted by Crippen LogP contribution is 2.40. The van der Waals surface area contributed by atoms with Gasteiger partial charge >= 0.3 is 0 Å². The Hall–Kier alpha value is -1.68. The zero-order chi connectivity index (χ0) is 16.7. The Labute approximate surface area is 146 Å². The van der Waals surface area contributed by atoms with Crippen LogP contribution in [0, 0.1) is 24.2 Å². The Kier molecular flexibility index (Phi) is 4.17. The van der Waals surface area contributed by atoms with E-state index in [1.165, 1.54) is 36.3 Å². The monoisotopic (exact) mass is 340 g/mol. The number of aromatic nitrogens is 1. The van der Waals surface area contributed by atoms with Crippen molar-refractivity contribution in [3.8, 4) is 0 Å². The molecule has 0 amide bonds. The lowest BCUT2D eigenvalue weighted by Crippen LogP contribution is -2.30. The van der Waals surface area contributed by atoms with E-state index in [0.29, 0.717) is 11.3 Å². The fourth-order valence-corrected chi connectivity index (χ4v) is 5.46. The molecule has 0 spiro atoms. The average molecular weight is 340 g/mol. The minimum atomic E-state index is 0.111. The standard InChI is InChI=1S/C20H24N2OS/c1-13-6-8-14(9-7-13)18(23)12-22-17-10-15-4-2-3-5-16(15)11-19(17)24-20(22)21/h6-9,15-16,21H,2-5,10-12H2,1H3. The summed E-state index contributed by atoms with van der Waals surface area (Å²) in [5.41, 5.74) is 3.18. The molecule has 1 aromatic carbocycles. The molecule has 1 aromatic heterocycles. The number of ketones is 1. The van der Waals surface area contributed by atoms with Crippen molar-refractivity contribution in [3.05, 3.63) is 50.8 Å². The van der Waals surface area contributed by atoms with Crippen molar-refractivity contribution in [1.29, 1.82) is 5.41 Å². The van der Waals surface area contributed by atoms with E-state index >= 15 is 0 Å². The molecule has 1 fully saturated rings. The molecule has 2 aromatic rings. The number of rotatable bonds is 3. The SMILES string of the molecule is Cc1ccc(C(=O)Cn2c3c(sc2=N)CC2CCCCC2C3)cc1.